The molecule has 9 heteroatoms. The first-order valence-corrected chi connectivity index (χ1v) is 11.6. The second-order valence-corrected chi connectivity index (χ2v) is 9.35. The van der Waals surface area contributed by atoms with E-state index in [4.69, 9.17) is 11.6 Å². The molecule has 1 saturated heterocycles. The van der Waals surface area contributed by atoms with E-state index in [0.29, 0.717) is 30.9 Å². The van der Waals surface area contributed by atoms with Crippen LogP contribution in [-0.2, 0) is 10.0 Å². The number of sulfonamides is 1. The molecule has 2 amide bonds. The van der Waals surface area contributed by atoms with Gasteiger partial charge in [-0.15, -0.1) is 0 Å². The molecule has 1 aliphatic heterocycles. The molecule has 2 N–H and O–H groups in total. The van der Waals surface area contributed by atoms with E-state index < -0.39 is 15.9 Å². The Hall–Kier alpha value is -2.42. The van der Waals surface area contributed by atoms with Gasteiger partial charge in [-0.1, -0.05) is 30.7 Å². The van der Waals surface area contributed by atoms with E-state index in [-0.39, 0.29) is 21.4 Å². The normalized spacial score (nSPS) is 14.5. The van der Waals surface area contributed by atoms with Crippen LogP contribution in [0.25, 0.3) is 0 Å². The van der Waals surface area contributed by atoms with Crippen molar-refractivity contribution in [3.8, 4) is 0 Å². The SMILES string of the molecule is CCCNC(=O)c1ccccc1NC(=O)c1cc(S(=O)(=O)N2CCCC2)ccc1Cl. The van der Waals surface area contributed by atoms with Gasteiger partial charge in [-0.2, -0.15) is 4.31 Å². The molecule has 0 spiro atoms. The highest BCUT2D eigenvalue weighted by Gasteiger charge is 2.28. The van der Waals surface area contributed by atoms with Crippen molar-refractivity contribution in [3.05, 3.63) is 58.6 Å². The van der Waals surface area contributed by atoms with Gasteiger partial charge in [0.05, 0.1) is 26.7 Å². The molecule has 2 aromatic rings. The van der Waals surface area contributed by atoms with Crippen molar-refractivity contribution in [2.75, 3.05) is 25.0 Å². The van der Waals surface area contributed by atoms with Crippen molar-refractivity contribution in [2.24, 2.45) is 0 Å². The van der Waals surface area contributed by atoms with Gasteiger partial charge in [0.1, 0.15) is 0 Å². The Morgan fingerprint density at radius 1 is 1.03 bits per heavy atom. The highest BCUT2D eigenvalue weighted by Crippen LogP contribution is 2.26. The first-order chi connectivity index (χ1) is 14.3. The first kappa shape index (κ1) is 22.3. The highest BCUT2D eigenvalue weighted by molar-refractivity contribution is 7.89. The van der Waals surface area contributed by atoms with Crippen molar-refractivity contribution in [3.63, 3.8) is 0 Å². The third-order valence-corrected chi connectivity index (χ3v) is 7.06. The fourth-order valence-corrected chi connectivity index (χ4v) is 4.98. The van der Waals surface area contributed by atoms with Crippen LogP contribution < -0.4 is 10.6 Å². The lowest BCUT2D eigenvalue weighted by Gasteiger charge is -2.17. The molecule has 1 heterocycles. The summed E-state index contributed by atoms with van der Waals surface area (Å²) in [4.78, 5) is 25.3. The van der Waals surface area contributed by atoms with Crippen molar-refractivity contribution in [1.29, 1.82) is 0 Å². The second kappa shape index (κ2) is 9.59. The Balaban J connectivity index is 1.87. The van der Waals surface area contributed by atoms with E-state index in [1.807, 2.05) is 6.92 Å². The third kappa shape index (κ3) is 4.83. The lowest BCUT2D eigenvalue weighted by atomic mass is 10.1. The molecule has 1 fully saturated rings. The van der Waals surface area contributed by atoms with E-state index in [2.05, 4.69) is 10.6 Å². The first-order valence-electron chi connectivity index (χ1n) is 9.83. The molecule has 2 aromatic carbocycles. The molecule has 0 atom stereocenters. The van der Waals surface area contributed by atoms with E-state index in [1.54, 1.807) is 24.3 Å². The Labute approximate surface area is 181 Å². The minimum Gasteiger partial charge on any atom is -0.352 e. The van der Waals surface area contributed by atoms with Gasteiger partial charge >= 0.3 is 0 Å². The fourth-order valence-electron chi connectivity index (χ4n) is 3.23. The summed E-state index contributed by atoms with van der Waals surface area (Å²) >= 11 is 6.19. The topological polar surface area (TPSA) is 95.6 Å². The maximum Gasteiger partial charge on any atom is 0.257 e. The lowest BCUT2D eigenvalue weighted by Crippen LogP contribution is -2.28. The van der Waals surface area contributed by atoms with Crippen LogP contribution in [0.4, 0.5) is 5.69 Å². The summed E-state index contributed by atoms with van der Waals surface area (Å²) in [6.45, 7) is 3.39. The Morgan fingerprint density at radius 3 is 2.43 bits per heavy atom. The molecule has 0 radical (unpaired) electrons. The number of nitrogens with zero attached hydrogens (tertiary/aromatic N) is 1. The molecule has 0 aromatic heterocycles. The molecule has 7 nitrogen and oxygen atoms in total. The predicted octanol–water partition coefficient (Wildman–Crippen LogP) is 3.52. The summed E-state index contributed by atoms with van der Waals surface area (Å²) in [5.41, 5.74) is 0.664. The average molecular weight is 450 g/mol. The molecule has 0 aliphatic carbocycles. The number of halogens is 1. The summed E-state index contributed by atoms with van der Waals surface area (Å²) < 4.78 is 27.0. The van der Waals surface area contributed by atoms with E-state index in [9.17, 15) is 18.0 Å². The standard InChI is InChI=1S/C21H24ClN3O4S/c1-2-11-23-20(26)16-7-3-4-8-19(16)24-21(27)17-14-15(9-10-18(17)22)30(28,29)25-12-5-6-13-25/h3-4,7-10,14H,2,5-6,11-13H2,1H3,(H,23,26)(H,24,27). The molecule has 0 unspecified atom stereocenters. The number of anilines is 1. The molecule has 0 saturated carbocycles. The largest absolute Gasteiger partial charge is 0.352 e. The van der Waals surface area contributed by atoms with E-state index in [1.165, 1.54) is 22.5 Å². The summed E-state index contributed by atoms with van der Waals surface area (Å²) in [7, 11) is -3.69. The summed E-state index contributed by atoms with van der Waals surface area (Å²) in [6.07, 6.45) is 2.42. The third-order valence-electron chi connectivity index (χ3n) is 4.84. The number of carbonyl (C=O) groups excluding carboxylic acids is 2. The number of nitrogens with one attached hydrogen (secondary N) is 2. The van der Waals surface area contributed by atoms with Gasteiger partial charge in [-0.25, -0.2) is 8.42 Å². The molecule has 0 bridgehead atoms. The van der Waals surface area contributed by atoms with Gasteiger partial charge in [0, 0.05) is 19.6 Å². The second-order valence-electron chi connectivity index (χ2n) is 7.01. The number of benzene rings is 2. The number of rotatable bonds is 7. The number of carbonyl (C=O) groups is 2. The maximum absolute atomic E-state index is 12.9. The predicted molar refractivity (Wildman–Crippen MR) is 116 cm³/mol. The van der Waals surface area contributed by atoms with Crippen LogP contribution in [0.2, 0.25) is 5.02 Å². The zero-order chi connectivity index (χ0) is 21.7. The average Bonchev–Trinajstić information content (AvgIpc) is 3.28. The summed E-state index contributed by atoms with van der Waals surface area (Å²) in [6, 6.07) is 10.7. The van der Waals surface area contributed by atoms with Crippen molar-refractivity contribution >= 4 is 39.1 Å². The molecule has 1 aliphatic rings. The van der Waals surface area contributed by atoms with Crippen LogP contribution in [-0.4, -0.2) is 44.2 Å². The number of para-hydroxylation sites is 1. The van der Waals surface area contributed by atoms with Gasteiger partial charge in [0.2, 0.25) is 10.0 Å². The Morgan fingerprint density at radius 2 is 1.73 bits per heavy atom. The van der Waals surface area contributed by atoms with Crippen LogP contribution in [0.3, 0.4) is 0 Å². The van der Waals surface area contributed by atoms with Gasteiger partial charge in [-0.3, -0.25) is 9.59 Å². The number of hydrogen-bond donors (Lipinski definition) is 2. The van der Waals surface area contributed by atoms with Gasteiger partial charge in [0.15, 0.2) is 0 Å². The summed E-state index contributed by atoms with van der Waals surface area (Å²) in [5, 5.41) is 5.58. The monoisotopic (exact) mass is 449 g/mol. The van der Waals surface area contributed by atoms with Gasteiger partial charge in [-0.05, 0) is 49.6 Å². The fraction of sp³-hybridized carbons (Fsp3) is 0.333. The van der Waals surface area contributed by atoms with Crippen LogP contribution in [0, 0.1) is 0 Å². The number of amides is 2. The van der Waals surface area contributed by atoms with Crippen molar-refractivity contribution in [1.82, 2.24) is 9.62 Å². The minimum atomic E-state index is -3.69. The van der Waals surface area contributed by atoms with Crippen LogP contribution in [0.15, 0.2) is 47.4 Å². The maximum atomic E-state index is 12.9. The number of hydrogen-bond acceptors (Lipinski definition) is 4. The van der Waals surface area contributed by atoms with Crippen molar-refractivity contribution < 1.29 is 18.0 Å². The highest BCUT2D eigenvalue weighted by atomic mass is 35.5. The zero-order valence-corrected chi connectivity index (χ0v) is 18.2. The van der Waals surface area contributed by atoms with Gasteiger partial charge in [0.25, 0.3) is 11.8 Å². The van der Waals surface area contributed by atoms with Crippen LogP contribution in [0.5, 0.6) is 0 Å². The molecular weight excluding hydrogens is 426 g/mol. The molecule has 3 rings (SSSR count). The molecule has 160 valence electrons. The van der Waals surface area contributed by atoms with E-state index in [0.717, 1.165) is 19.3 Å². The van der Waals surface area contributed by atoms with Crippen molar-refractivity contribution in [2.45, 2.75) is 31.1 Å². The van der Waals surface area contributed by atoms with Gasteiger partial charge < -0.3 is 10.6 Å². The Kier molecular flexibility index (Phi) is 7.12. The minimum absolute atomic E-state index is 0.0212. The van der Waals surface area contributed by atoms with Crippen LogP contribution in [0.1, 0.15) is 46.9 Å². The quantitative estimate of drug-likeness (QED) is 0.676. The smallest absolute Gasteiger partial charge is 0.257 e. The summed E-state index contributed by atoms with van der Waals surface area (Å²) in [5.74, 6) is -0.890. The van der Waals surface area contributed by atoms with E-state index >= 15 is 0 Å². The zero-order valence-electron chi connectivity index (χ0n) is 16.7. The Bertz CT molecular complexity index is 1050. The van der Waals surface area contributed by atoms with Crippen LogP contribution >= 0.6 is 11.6 Å². The molecule has 30 heavy (non-hydrogen) atoms. The molecular formula is C21H24ClN3O4S. The lowest BCUT2D eigenvalue weighted by molar-refractivity contribution is 0.0954.